The van der Waals surface area contributed by atoms with Gasteiger partial charge < -0.3 is 20.1 Å². The molecule has 1 rings (SSSR count). The first kappa shape index (κ1) is 10.8. The molecule has 0 aliphatic carbocycles. The fourth-order valence-corrected chi connectivity index (χ4v) is 1.28. The third kappa shape index (κ3) is 2.59. The molecular weight excluding hydrogens is 188 g/mol. The van der Waals surface area contributed by atoms with E-state index in [1.54, 1.807) is 11.9 Å². The minimum absolute atomic E-state index is 0.0530. The zero-order valence-electron chi connectivity index (χ0n) is 8.02. The molecule has 1 aliphatic heterocycles. The van der Waals surface area contributed by atoms with Crippen LogP contribution in [0.25, 0.3) is 0 Å². The molecule has 6 heteroatoms. The molecule has 1 heterocycles. The topological polar surface area (TPSA) is 78.9 Å². The van der Waals surface area contributed by atoms with Crippen molar-refractivity contribution in [1.82, 2.24) is 10.2 Å². The summed E-state index contributed by atoms with van der Waals surface area (Å²) in [4.78, 5) is 23.9. The molecule has 0 spiro atoms. The van der Waals surface area contributed by atoms with Gasteiger partial charge in [0.05, 0.1) is 6.61 Å². The van der Waals surface area contributed by atoms with E-state index >= 15 is 0 Å². The minimum Gasteiger partial charge on any atom is -0.447 e. The van der Waals surface area contributed by atoms with Crippen LogP contribution in [0.1, 0.15) is 6.42 Å². The Balaban J connectivity index is 2.30. The van der Waals surface area contributed by atoms with Gasteiger partial charge in [-0.05, 0) is 6.42 Å². The zero-order valence-corrected chi connectivity index (χ0v) is 8.02. The fourth-order valence-electron chi connectivity index (χ4n) is 1.28. The quantitative estimate of drug-likeness (QED) is 0.611. The average Bonchev–Trinajstić information content (AvgIpc) is 2.46. The number of likely N-dealkylation sites (tertiary alicyclic amines) is 1. The van der Waals surface area contributed by atoms with Crippen LogP contribution in [0.5, 0.6) is 0 Å². The Morgan fingerprint density at radius 2 is 2.50 bits per heavy atom. The first-order valence-electron chi connectivity index (χ1n) is 4.44. The standard InChI is InChI=1S/C8H14N2O4/c1-10-3-2-6(7(10)12)9-8(13)14-5-4-11/h6,11H,2-5H2,1H3,(H,9,13). The van der Waals surface area contributed by atoms with E-state index in [-0.39, 0.29) is 19.1 Å². The molecular formula is C8H14N2O4. The maximum Gasteiger partial charge on any atom is 0.407 e. The van der Waals surface area contributed by atoms with E-state index in [0.717, 1.165) is 0 Å². The van der Waals surface area contributed by atoms with Gasteiger partial charge in [0.15, 0.2) is 0 Å². The van der Waals surface area contributed by atoms with Crippen LogP contribution in [0, 0.1) is 0 Å². The summed E-state index contributed by atoms with van der Waals surface area (Å²) in [5.41, 5.74) is 0. The maximum absolute atomic E-state index is 11.3. The predicted octanol–water partition coefficient (Wildman–Crippen LogP) is -1.06. The molecule has 80 valence electrons. The number of carbonyl (C=O) groups excluding carboxylic acids is 2. The zero-order chi connectivity index (χ0) is 10.6. The van der Waals surface area contributed by atoms with E-state index in [0.29, 0.717) is 13.0 Å². The first-order valence-corrected chi connectivity index (χ1v) is 4.44. The van der Waals surface area contributed by atoms with Crippen molar-refractivity contribution in [3.63, 3.8) is 0 Å². The highest BCUT2D eigenvalue weighted by molar-refractivity contribution is 5.87. The van der Waals surface area contributed by atoms with Gasteiger partial charge in [0.1, 0.15) is 12.6 Å². The molecule has 0 aromatic rings. The van der Waals surface area contributed by atoms with Gasteiger partial charge in [-0.1, -0.05) is 0 Å². The summed E-state index contributed by atoms with van der Waals surface area (Å²) in [5, 5.41) is 10.8. The van der Waals surface area contributed by atoms with Crippen LogP contribution in [0.2, 0.25) is 0 Å². The lowest BCUT2D eigenvalue weighted by Gasteiger charge is -2.11. The van der Waals surface area contributed by atoms with Crippen LogP contribution in [-0.2, 0) is 9.53 Å². The number of carbonyl (C=O) groups is 2. The van der Waals surface area contributed by atoms with Crippen LogP contribution in [0.4, 0.5) is 4.79 Å². The molecule has 1 unspecified atom stereocenters. The molecule has 0 aromatic carbocycles. The molecule has 2 amide bonds. The van der Waals surface area contributed by atoms with Crippen LogP contribution in [0.3, 0.4) is 0 Å². The number of ether oxygens (including phenoxy) is 1. The molecule has 1 fully saturated rings. The lowest BCUT2D eigenvalue weighted by atomic mass is 10.2. The van der Waals surface area contributed by atoms with Gasteiger partial charge in [0.2, 0.25) is 5.91 Å². The number of aliphatic hydroxyl groups excluding tert-OH is 1. The molecule has 14 heavy (non-hydrogen) atoms. The monoisotopic (exact) mass is 202 g/mol. The number of alkyl carbamates (subject to hydrolysis) is 1. The highest BCUT2D eigenvalue weighted by Crippen LogP contribution is 2.08. The van der Waals surface area contributed by atoms with E-state index in [9.17, 15) is 9.59 Å². The molecule has 0 saturated carbocycles. The molecule has 1 aliphatic rings. The number of nitrogens with one attached hydrogen (secondary N) is 1. The third-order valence-electron chi connectivity index (χ3n) is 2.04. The van der Waals surface area contributed by atoms with Gasteiger partial charge in [0, 0.05) is 13.6 Å². The largest absolute Gasteiger partial charge is 0.447 e. The molecule has 2 N–H and O–H groups in total. The Bertz CT molecular complexity index is 231. The third-order valence-corrected chi connectivity index (χ3v) is 2.04. The van der Waals surface area contributed by atoms with Crippen molar-refractivity contribution < 1.29 is 19.4 Å². The van der Waals surface area contributed by atoms with Crippen molar-refractivity contribution >= 4 is 12.0 Å². The summed E-state index contributed by atoms with van der Waals surface area (Å²) in [6.45, 7) is 0.373. The summed E-state index contributed by atoms with van der Waals surface area (Å²) < 4.78 is 4.57. The van der Waals surface area contributed by atoms with E-state index < -0.39 is 12.1 Å². The van der Waals surface area contributed by atoms with Crippen LogP contribution in [0.15, 0.2) is 0 Å². The van der Waals surface area contributed by atoms with Crippen molar-refractivity contribution in [2.24, 2.45) is 0 Å². The van der Waals surface area contributed by atoms with Crippen LogP contribution < -0.4 is 5.32 Å². The van der Waals surface area contributed by atoms with Crippen molar-refractivity contribution in [3.8, 4) is 0 Å². The summed E-state index contributed by atoms with van der Waals surface area (Å²) >= 11 is 0. The fraction of sp³-hybridized carbons (Fsp3) is 0.750. The first-order chi connectivity index (χ1) is 6.65. The second-order valence-corrected chi connectivity index (χ2v) is 3.10. The average molecular weight is 202 g/mol. The van der Waals surface area contributed by atoms with Gasteiger partial charge in [-0.3, -0.25) is 4.79 Å². The van der Waals surface area contributed by atoms with Gasteiger partial charge in [-0.2, -0.15) is 0 Å². The van der Waals surface area contributed by atoms with Crippen molar-refractivity contribution in [2.75, 3.05) is 26.8 Å². The smallest absolute Gasteiger partial charge is 0.407 e. The van der Waals surface area contributed by atoms with Crippen LogP contribution >= 0.6 is 0 Å². The summed E-state index contributed by atoms with van der Waals surface area (Å²) in [5.74, 6) is -0.106. The Hall–Kier alpha value is -1.30. The number of hydrogen-bond acceptors (Lipinski definition) is 4. The van der Waals surface area contributed by atoms with Gasteiger partial charge in [0.25, 0.3) is 0 Å². The Labute approximate surface area is 81.8 Å². The molecule has 6 nitrogen and oxygen atoms in total. The maximum atomic E-state index is 11.3. The molecule has 0 radical (unpaired) electrons. The lowest BCUT2D eigenvalue weighted by molar-refractivity contribution is -0.128. The summed E-state index contributed by atoms with van der Waals surface area (Å²) in [6, 6.07) is -0.480. The molecule has 0 aromatic heterocycles. The molecule has 0 bridgehead atoms. The Morgan fingerprint density at radius 3 is 3.00 bits per heavy atom. The Kier molecular flexibility index (Phi) is 3.70. The number of aliphatic hydroxyl groups is 1. The number of hydrogen-bond donors (Lipinski definition) is 2. The minimum atomic E-state index is -0.660. The second kappa shape index (κ2) is 4.80. The van der Waals surface area contributed by atoms with E-state index in [1.807, 2.05) is 0 Å². The van der Waals surface area contributed by atoms with Gasteiger partial charge in [-0.15, -0.1) is 0 Å². The Morgan fingerprint density at radius 1 is 1.79 bits per heavy atom. The van der Waals surface area contributed by atoms with Crippen LogP contribution in [-0.4, -0.2) is 54.9 Å². The normalized spacial score (nSPS) is 21.1. The highest BCUT2D eigenvalue weighted by atomic mass is 16.6. The number of rotatable bonds is 3. The van der Waals surface area contributed by atoms with Crippen molar-refractivity contribution in [3.05, 3.63) is 0 Å². The number of nitrogens with zero attached hydrogens (tertiary/aromatic N) is 1. The predicted molar refractivity (Wildman–Crippen MR) is 47.6 cm³/mol. The van der Waals surface area contributed by atoms with Gasteiger partial charge in [-0.25, -0.2) is 4.79 Å². The highest BCUT2D eigenvalue weighted by Gasteiger charge is 2.30. The van der Waals surface area contributed by atoms with E-state index in [2.05, 4.69) is 10.1 Å². The number of likely N-dealkylation sites (N-methyl/N-ethyl adjacent to an activating group) is 1. The molecule has 1 atom stereocenters. The molecule has 1 saturated heterocycles. The summed E-state index contributed by atoms with van der Waals surface area (Å²) in [6.07, 6.45) is -0.0588. The van der Waals surface area contributed by atoms with Crippen molar-refractivity contribution in [2.45, 2.75) is 12.5 Å². The summed E-state index contributed by atoms with van der Waals surface area (Å²) in [7, 11) is 1.68. The van der Waals surface area contributed by atoms with Gasteiger partial charge >= 0.3 is 6.09 Å². The van der Waals surface area contributed by atoms with E-state index in [1.165, 1.54) is 0 Å². The van der Waals surface area contributed by atoms with Crippen molar-refractivity contribution in [1.29, 1.82) is 0 Å². The SMILES string of the molecule is CN1CCC(NC(=O)OCCO)C1=O. The second-order valence-electron chi connectivity index (χ2n) is 3.10. The number of amides is 2. The lowest BCUT2D eigenvalue weighted by Crippen LogP contribution is -2.41. The van der Waals surface area contributed by atoms with E-state index in [4.69, 9.17) is 5.11 Å².